The largest absolute Gasteiger partial charge is 0.416 e. The van der Waals surface area contributed by atoms with Crippen LogP contribution in [0, 0.1) is 0 Å². The zero-order chi connectivity index (χ0) is 15.4. The average Bonchev–Trinajstić information content (AvgIpc) is 2.30. The summed E-state index contributed by atoms with van der Waals surface area (Å²) in [6, 6.07) is 1.20. The third-order valence-corrected chi connectivity index (χ3v) is 6.99. The summed E-state index contributed by atoms with van der Waals surface area (Å²) in [5.74, 6) is 0.199. The van der Waals surface area contributed by atoms with E-state index in [9.17, 15) is 4.79 Å². The lowest BCUT2D eigenvalue weighted by Crippen LogP contribution is -2.58. The van der Waals surface area contributed by atoms with E-state index in [1.54, 1.807) is 0 Å². The molecular weight excluding hydrogens is 286 g/mol. The minimum absolute atomic E-state index is 0.00168. The lowest BCUT2D eigenvalue weighted by Gasteiger charge is -2.43. The summed E-state index contributed by atoms with van der Waals surface area (Å²) < 4.78 is 12.1. The Morgan fingerprint density at radius 2 is 1.90 bits per heavy atom. The van der Waals surface area contributed by atoms with Crippen LogP contribution in [-0.4, -0.2) is 46.8 Å². The number of nitrogens with zero attached hydrogens (tertiary/aromatic N) is 1. The fourth-order valence-electron chi connectivity index (χ4n) is 2.30. The van der Waals surface area contributed by atoms with E-state index in [0.29, 0.717) is 19.6 Å². The normalized spacial score (nSPS) is 20.2. The van der Waals surface area contributed by atoms with Gasteiger partial charge in [-0.05, 0) is 38.8 Å². The Morgan fingerprint density at radius 3 is 2.40 bits per heavy atom. The van der Waals surface area contributed by atoms with E-state index in [2.05, 4.69) is 39.7 Å². The van der Waals surface area contributed by atoms with Crippen LogP contribution in [0.2, 0.25) is 38.8 Å². The zero-order valence-electron chi connectivity index (χ0n) is 14.0. The van der Waals surface area contributed by atoms with Gasteiger partial charge < -0.3 is 13.8 Å². The molecule has 1 heterocycles. The molecule has 20 heavy (non-hydrogen) atoms. The SMILES string of the molecule is CCCC[Si](C)(C)OCCN1C(=O)CC1O[Si](C)(C)C. The third kappa shape index (κ3) is 6.07. The maximum Gasteiger partial charge on any atom is 0.229 e. The summed E-state index contributed by atoms with van der Waals surface area (Å²) in [5.41, 5.74) is 0. The molecule has 1 aliphatic heterocycles. The van der Waals surface area contributed by atoms with E-state index in [-0.39, 0.29) is 12.1 Å². The number of carbonyl (C=O) groups is 1. The molecule has 0 aromatic rings. The van der Waals surface area contributed by atoms with Crippen molar-refractivity contribution in [2.24, 2.45) is 0 Å². The van der Waals surface area contributed by atoms with Gasteiger partial charge in [-0.2, -0.15) is 0 Å². The minimum Gasteiger partial charge on any atom is -0.416 e. The first kappa shape index (κ1) is 17.9. The minimum atomic E-state index is -1.58. The van der Waals surface area contributed by atoms with Crippen molar-refractivity contribution in [1.82, 2.24) is 4.90 Å². The topological polar surface area (TPSA) is 38.8 Å². The Balaban J connectivity index is 2.31. The van der Waals surface area contributed by atoms with Crippen molar-refractivity contribution in [1.29, 1.82) is 0 Å². The molecule has 1 unspecified atom stereocenters. The Bertz CT molecular complexity index is 329. The van der Waals surface area contributed by atoms with Crippen molar-refractivity contribution >= 4 is 22.5 Å². The van der Waals surface area contributed by atoms with Crippen LogP contribution < -0.4 is 0 Å². The number of unbranched alkanes of at least 4 members (excludes halogenated alkanes) is 1. The van der Waals surface area contributed by atoms with Crippen molar-refractivity contribution < 1.29 is 13.6 Å². The number of carbonyl (C=O) groups excluding carboxylic acids is 1. The predicted molar refractivity (Wildman–Crippen MR) is 87.7 cm³/mol. The molecule has 1 aliphatic rings. The first-order valence-electron chi connectivity index (χ1n) is 7.76. The van der Waals surface area contributed by atoms with Crippen LogP contribution in [0.1, 0.15) is 26.2 Å². The highest BCUT2D eigenvalue weighted by Crippen LogP contribution is 2.24. The molecule has 1 atom stereocenters. The summed E-state index contributed by atoms with van der Waals surface area (Å²) in [7, 11) is -3.12. The average molecular weight is 318 g/mol. The van der Waals surface area contributed by atoms with Crippen LogP contribution in [0.4, 0.5) is 0 Å². The van der Waals surface area contributed by atoms with Gasteiger partial charge in [0.05, 0.1) is 13.0 Å². The molecule has 1 fully saturated rings. The summed E-state index contributed by atoms with van der Waals surface area (Å²) >= 11 is 0. The number of likely N-dealkylation sites (tertiary alicyclic amines) is 1. The highest BCUT2D eigenvalue weighted by Gasteiger charge is 2.39. The molecule has 1 rings (SSSR count). The maximum absolute atomic E-state index is 11.7. The van der Waals surface area contributed by atoms with Crippen LogP contribution in [0.3, 0.4) is 0 Å². The smallest absolute Gasteiger partial charge is 0.229 e. The third-order valence-electron chi connectivity index (χ3n) is 3.46. The number of hydrogen-bond acceptors (Lipinski definition) is 3. The van der Waals surface area contributed by atoms with E-state index < -0.39 is 16.6 Å². The second-order valence-electron chi connectivity index (χ2n) is 7.19. The van der Waals surface area contributed by atoms with E-state index in [1.807, 2.05) is 4.90 Å². The summed E-state index contributed by atoms with van der Waals surface area (Å²) in [6.45, 7) is 14.5. The van der Waals surface area contributed by atoms with Crippen LogP contribution in [0.15, 0.2) is 0 Å². The Hall–Kier alpha value is -0.176. The Morgan fingerprint density at radius 1 is 1.25 bits per heavy atom. The van der Waals surface area contributed by atoms with E-state index in [0.717, 1.165) is 0 Å². The van der Waals surface area contributed by atoms with Crippen molar-refractivity contribution in [2.45, 2.75) is 71.2 Å². The molecule has 0 aromatic heterocycles. The quantitative estimate of drug-likeness (QED) is 0.483. The van der Waals surface area contributed by atoms with Gasteiger partial charge in [0.25, 0.3) is 0 Å². The molecule has 6 heteroatoms. The van der Waals surface area contributed by atoms with Crippen LogP contribution in [0.25, 0.3) is 0 Å². The first-order chi connectivity index (χ1) is 9.14. The number of amides is 1. The second kappa shape index (κ2) is 7.20. The summed E-state index contributed by atoms with van der Waals surface area (Å²) in [5, 5.41) is 0. The molecular formula is C14H31NO3Si2. The Labute approximate surface area is 126 Å². The molecule has 4 nitrogen and oxygen atoms in total. The van der Waals surface area contributed by atoms with Crippen LogP contribution in [0.5, 0.6) is 0 Å². The molecule has 1 saturated heterocycles. The molecule has 118 valence electrons. The van der Waals surface area contributed by atoms with Crippen LogP contribution in [-0.2, 0) is 13.6 Å². The maximum atomic E-state index is 11.7. The fraction of sp³-hybridized carbons (Fsp3) is 0.929. The number of hydrogen-bond donors (Lipinski definition) is 0. The zero-order valence-corrected chi connectivity index (χ0v) is 16.0. The molecule has 0 bridgehead atoms. The van der Waals surface area contributed by atoms with Gasteiger partial charge in [-0.15, -0.1) is 0 Å². The Kier molecular flexibility index (Phi) is 6.43. The van der Waals surface area contributed by atoms with Gasteiger partial charge in [-0.25, -0.2) is 0 Å². The standard InChI is InChI=1S/C14H31NO3Si2/c1-7-8-11-20(5,6)17-10-9-15-13(16)12-14(15)18-19(2,3)4/h14H,7-12H2,1-6H3. The van der Waals surface area contributed by atoms with Crippen molar-refractivity contribution in [3.63, 3.8) is 0 Å². The summed E-state index contributed by atoms with van der Waals surface area (Å²) in [6.07, 6.45) is 3.00. The molecule has 0 spiro atoms. The van der Waals surface area contributed by atoms with E-state index in [1.165, 1.54) is 18.9 Å². The lowest BCUT2D eigenvalue weighted by atomic mass is 10.2. The number of rotatable bonds is 9. The van der Waals surface area contributed by atoms with E-state index >= 15 is 0 Å². The van der Waals surface area contributed by atoms with Gasteiger partial charge in [0.2, 0.25) is 5.91 Å². The predicted octanol–water partition coefficient (Wildman–Crippen LogP) is 3.42. The second-order valence-corrected chi connectivity index (χ2v) is 16.0. The van der Waals surface area contributed by atoms with Gasteiger partial charge in [0, 0.05) is 6.54 Å². The molecule has 1 amide bonds. The monoisotopic (exact) mass is 317 g/mol. The van der Waals surface area contributed by atoms with Crippen molar-refractivity contribution in [3.05, 3.63) is 0 Å². The molecule has 0 N–H and O–H groups in total. The van der Waals surface area contributed by atoms with Gasteiger partial charge in [-0.3, -0.25) is 4.79 Å². The van der Waals surface area contributed by atoms with Gasteiger partial charge in [0.1, 0.15) is 6.23 Å². The molecule has 0 aromatic carbocycles. The lowest BCUT2D eigenvalue weighted by molar-refractivity contribution is -0.162. The molecule has 0 aliphatic carbocycles. The fourth-order valence-corrected chi connectivity index (χ4v) is 5.32. The van der Waals surface area contributed by atoms with Gasteiger partial charge in [-0.1, -0.05) is 19.8 Å². The van der Waals surface area contributed by atoms with Crippen molar-refractivity contribution in [3.8, 4) is 0 Å². The molecule has 0 radical (unpaired) electrons. The summed E-state index contributed by atoms with van der Waals surface area (Å²) in [4.78, 5) is 13.5. The first-order valence-corrected chi connectivity index (χ1v) is 14.3. The van der Waals surface area contributed by atoms with Crippen molar-refractivity contribution in [2.75, 3.05) is 13.2 Å². The highest BCUT2D eigenvalue weighted by atomic mass is 28.4. The van der Waals surface area contributed by atoms with Crippen LogP contribution >= 0.6 is 0 Å². The van der Waals surface area contributed by atoms with E-state index in [4.69, 9.17) is 8.85 Å². The molecule has 0 saturated carbocycles. The van der Waals surface area contributed by atoms with Gasteiger partial charge in [0.15, 0.2) is 16.6 Å². The van der Waals surface area contributed by atoms with Gasteiger partial charge >= 0.3 is 0 Å². The highest BCUT2D eigenvalue weighted by molar-refractivity contribution is 6.71. The number of β-lactam (4-membered cyclic amide) rings is 1.